The first-order valence-corrected chi connectivity index (χ1v) is 7.49. The Labute approximate surface area is 141 Å². The van der Waals surface area contributed by atoms with Crippen molar-refractivity contribution in [3.63, 3.8) is 0 Å². The molecule has 2 aromatic carbocycles. The molecule has 0 aliphatic rings. The molecule has 0 aliphatic heterocycles. The van der Waals surface area contributed by atoms with Gasteiger partial charge in [0.1, 0.15) is 0 Å². The highest BCUT2D eigenvalue weighted by molar-refractivity contribution is 5.96. The summed E-state index contributed by atoms with van der Waals surface area (Å²) in [5.74, 6) is -0.640. The molecule has 0 saturated carbocycles. The van der Waals surface area contributed by atoms with Gasteiger partial charge < -0.3 is 20.3 Å². The Morgan fingerprint density at radius 1 is 1.04 bits per heavy atom. The van der Waals surface area contributed by atoms with Gasteiger partial charge in [-0.25, -0.2) is 4.79 Å². The van der Waals surface area contributed by atoms with Gasteiger partial charge in [0, 0.05) is 31.2 Å². The standard InChI is InChI=1S/C18H21N3O3/c1-21(2)16-9-7-14(8-10-16)19-12-17(22)20-15-6-4-5-13(11-15)18(23)24-3/h4-11,19H,12H2,1-3H3,(H,20,22). The number of anilines is 3. The molecule has 2 aromatic rings. The van der Waals surface area contributed by atoms with Crippen molar-refractivity contribution in [3.8, 4) is 0 Å². The maximum Gasteiger partial charge on any atom is 0.337 e. The Kier molecular flexibility index (Phi) is 5.78. The van der Waals surface area contributed by atoms with Gasteiger partial charge in [-0.05, 0) is 42.5 Å². The fourth-order valence-electron chi connectivity index (χ4n) is 2.11. The number of hydrogen-bond acceptors (Lipinski definition) is 5. The third-order valence-electron chi connectivity index (χ3n) is 3.40. The fraction of sp³-hybridized carbons (Fsp3) is 0.222. The highest BCUT2D eigenvalue weighted by Gasteiger charge is 2.07. The van der Waals surface area contributed by atoms with E-state index in [1.807, 2.05) is 43.3 Å². The number of rotatable bonds is 6. The van der Waals surface area contributed by atoms with E-state index in [2.05, 4.69) is 15.4 Å². The normalized spacial score (nSPS) is 9.96. The summed E-state index contributed by atoms with van der Waals surface area (Å²) < 4.78 is 4.66. The molecule has 0 spiro atoms. The summed E-state index contributed by atoms with van der Waals surface area (Å²) in [6.07, 6.45) is 0. The van der Waals surface area contributed by atoms with Gasteiger partial charge in [0.05, 0.1) is 19.2 Å². The Morgan fingerprint density at radius 2 is 1.75 bits per heavy atom. The van der Waals surface area contributed by atoms with E-state index < -0.39 is 5.97 Å². The zero-order valence-electron chi connectivity index (χ0n) is 14.0. The average Bonchev–Trinajstić information content (AvgIpc) is 2.59. The van der Waals surface area contributed by atoms with Crippen LogP contribution in [-0.4, -0.2) is 39.6 Å². The second kappa shape index (κ2) is 8.01. The van der Waals surface area contributed by atoms with Gasteiger partial charge in [-0.3, -0.25) is 4.79 Å². The van der Waals surface area contributed by atoms with Crippen LogP contribution in [0, 0.1) is 0 Å². The van der Waals surface area contributed by atoms with Gasteiger partial charge in [-0.2, -0.15) is 0 Å². The highest BCUT2D eigenvalue weighted by atomic mass is 16.5. The zero-order chi connectivity index (χ0) is 17.5. The first-order valence-electron chi connectivity index (χ1n) is 7.49. The molecule has 2 N–H and O–H groups in total. The highest BCUT2D eigenvalue weighted by Crippen LogP contribution is 2.15. The molecule has 0 radical (unpaired) electrons. The Balaban J connectivity index is 1.90. The maximum atomic E-state index is 12.0. The van der Waals surface area contributed by atoms with Crippen LogP contribution in [0.2, 0.25) is 0 Å². The molecule has 6 heteroatoms. The summed E-state index contributed by atoms with van der Waals surface area (Å²) in [5.41, 5.74) is 2.89. The lowest BCUT2D eigenvalue weighted by Gasteiger charge is -2.13. The van der Waals surface area contributed by atoms with Gasteiger partial charge in [0.15, 0.2) is 0 Å². The van der Waals surface area contributed by atoms with Crippen molar-refractivity contribution < 1.29 is 14.3 Å². The maximum absolute atomic E-state index is 12.0. The quantitative estimate of drug-likeness (QED) is 0.798. The molecule has 126 valence electrons. The van der Waals surface area contributed by atoms with Gasteiger partial charge in [-0.1, -0.05) is 6.07 Å². The van der Waals surface area contributed by atoms with E-state index in [9.17, 15) is 9.59 Å². The van der Waals surface area contributed by atoms with Gasteiger partial charge >= 0.3 is 5.97 Å². The molecule has 0 fully saturated rings. The predicted octanol–water partition coefficient (Wildman–Crippen LogP) is 2.59. The van der Waals surface area contributed by atoms with Gasteiger partial charge in [0.2, 0.25) is 5.91 Å². The van der Waals surface area contributed by atoms with E-state index in [1.165, 1.54) is 7.11 Å². The first kappa shape index (κ1) is 17.3. The largest absolute Gasteiger partial charge is 0.465 e. The van der Waals surface area contributed by atoms with E-state index >= 15 is 0 Å². The van der Waals surface area contributed by atoms with Crippen LogP contribution in [-0.2, 0) is 9.53 Å². The molecule has 0 aromatic heterocycles. The van der Waals surface area contributed by atoms with E-state index in [-0.39, 0.29) is 12.5 Å². The topological polar surface area (TPSA) is 70.7 Å². The van der Waals surface area contributed by atoms with Crippen molar-refractivity contribution in [1.29, 1.82) is 0 Å². The van der Waals surface area contributed by atoms with Crippen LogP contribution in [0.25, 0.3) is 0 Å². The van der Waals surface area contributed by atoms with E-state index in [4.69, 9.17) is 0 Å². The predicted molar refractivity (Wildman–Crippen MR) is 95.7 cm³/mol. The van der Waals surface area contributed by atoms with E-state index in [0.717, 1.165) is 11.4 Å². The van der Waals surface area contributed by atoms with Gasteiger partial charge in [-0.15, -0.1) is 0 Å². The summed E-state index contributed by atoms with van der Waals surface area (Å²) in [7, 11) is 5.26. The Hall–Kier alpha value is -3.02. The third kappa shape index (κ3) is 4.74. The molecule has 0 heterocycles. The number of methoxy groups -OCH3 is 1. The minimum absolute atomic E-state index is 0.129. The lowest BCUT2D eigenvalue weighted by atomic mass is 10.2. The minimum atomic E-state index is -0.440. The second-order valence-corrected chi connectivity index (χ2v) is 5.42. The fourth-order valence-corrected chi connectivity index (χ4v) is 2.11. The number of carbonyl (C=O) groups is 2. The van der Waals surface area contributed by atoms with Crippen LogP contribution < -0.4 is 15.5 Å². The van der Waals surface area contributed by atoms with E-state index in [0.29, 0.717) is 11.3 Å². The van der Waals surface area contributed by atoms with E-state index in [1.54, 1.807) is 24.3 Å². The molecular formula is C18H21N3O3. The first-order chi connectivity index (χ1) is 11.5. The molecule has 0 aliphatic carbocycles. The summed E-state index contributed by atoms with van der Waals surface area (Å²) in [6.45, 7) is 0.129. The van der Waals surface area contributed by atoms with Crippen LogP contribution in [0.5, 0.6) is 0 Å². The number of benzene rings is 2. The van der Waals surface area contributed by atoms with Crippen LogP contribution in [0.4, 0.5) is 17.1 Å². The lowest BCUT2D eigenvalue weighted by Crippen LogP contribution is -2.22. The lowest BCUT2D eigenvalue weighted by molar-refractivity contribution is -0.114. The van der Waals surface area contributed by atoms with Crippen molar-refractivity contribution in [3.05, 3.63) is 54.1 Å². The molecule has 6 nitrogen and oxygen atoms in total. The summed E-state index contributed by atoms with van der Waals surface area (Å²) in [5, 5.41) is 5.80. The molecule has 24 heavy (non-hydrogen) atoms. The number of hydrogen-bond donors (Lipinski definition) is 2. The van der Waals surface area contributed by atoms with Crippen LogP contribution >= 0.6 is 0 Å². The number of nitrogens with zero attached hydrogens (tertiary/aromatic N) is 1. The van der Waals surface area contributed by atoms with Gasteiger partial charge in [0.25, 0.3) is 0 Å². The molecule has 0 bridgehead atoms. The van der Waals surface area contributed by atoms with Crippen molar-refractivity contribution in [2.75, 3.05) is 43.3 Å². The molecule has 0 atom stereocenters. The molecule has 0 unspecified atom stereocenters. The smallest absolute Gasteiger partial charge is 0.337 e. The number of carbonyl (C=O) groups excluding carboxylic acids is 2. The van der Waals surface area contributed by atoms with Crippen molar-refractivity contribution in [1.82, 2.24) is 0 Å². The van der Waals surface area contributed by atoms with Crippen molar-refractivity contribution in [2.45, 2.75) is 0 Å². The number of esters is 1. The average molecular weight is 327 g/mol. The summed E-state index contributed by atoms with van der Waals surface area (Å²) in [4.78, 5) is 25.5. The Morgan fingerprint density at radius 3 is 2.38 bits per heavy atom. The minimum Gasteiger partial charge on any atom is -0.465 e. The molecule has 2 rings (SSSR count). The SMILES string of the molecule is COC(=O)c1cccc(NC(=O)CNc2ccc(N(C)C)cc2)c1. The second-order valence-electron chi connectivity index (χ2n) is 5.42. The van der Waals surface area contributed by atoms with Crippen molar-refractivity contribution in [2.24, 2.45) is 0 Å². The monoisotopic (exact) mass is 327 g/mol. The van der Waals surface area contributed by atoms with Crippen molar-refractivity contribution >= 4 is 28.9 Å². The summed E-state index contributed by atoms with van der Waals surface area (Å²) >= 11 is 0. The number of ether oxygens (including phenoxy) is 1. The number of nitrogens with one attached hydrogen (secondary N) is 2. The molecule has 0 saturated heterocycles. The van der Waals surface area contributed by atoms with Crippen LogP contribution in [0.3, 0.4) is 0 Å². The zero-order valence-corrected chi connectivity index (χ0v) is 14.0. The summed E-state index contributed by atoms with van der Waals surface area (Å²) in [6, 6.07) is 14.4. The van der Waals surface area contributed by atoms with Crippen LogP contribution in [0.15, 0.2) is 48.5 Å². The third-order valence-corrected chi connectivity index (χ3v) is 3.40. The molecule has 1 amide bonds. The van der Waals surface area contributed by atoms with Crippen LogP contribution in [0.1, 0.15) is 10.4 Å². The Bertz CT molecular complexity index is 712. The number of amides is 1. The molecular weight excluding hydrogens is 306 g/mol.